The van der Waals surface area contributed by atoms with Gasteiger partial charge in [0.1, 0.15) is 11.7 Å². The molecule has 0 aliphatic carbocycles. The third-order valence-corrected chi connectivity index (χ3v) is 6.11. The van der Waals surface area contributed by atoms with E-state index >= 15 is 0 Å². The highest BCUT2D eigenvalue weighted by Gasteiger charge is 2.23. The van der Waals surface area contributed by atoms with Crippen LogP contribution in [-0.2, 0) is 11.3 Å². The van der Waals surface area contributed by atoms with Crippen LogP contribution in [0.5, 0.6) is 6.01 Å². The van der Waals surface area contributed by atoms with Crippen molar-refractivity contribution in [2.75, 3.05) is 38.2 Å². The van der Waals surface area contributed by atoms with Crippen LogP contribution in [-0.4, -0.2) is 63.6 Å². The Hall–Kier alpha value is -3.65. The first-order chi connectivity index (χ1) is 16.1. The number of hydrogen-bond acceptors (Lipinski definition) is 6. The second kappa shape index (κ2) is 9.07. The molecular formula is C24H23ClN6O2. The molecule has 1 aliphatic rings. The van der Waals surface area contributed by atoms with E-state index in [-0.39, 0.29) is 12.5 Å². The van der Waals surface area contributed by atoms with E-state index in [0.717, 1.165) is 40.9 Å². The molecule has 0 spiro atoms. The van der Waals surface area contributed by atoms with Gasteiger partial charge in [0.05, 0.1) is 18.1 Å². The van der Waals surface area contributed by atoms with E-state index in [4.69, 9.17) is 16.3 Å². The highest BCUT2D eigenvalue weighted by molar-refractivity contribution is 6.29. The van der Waals surface area contributed by atoms with Crippen LogP contribution in [0.4, 0.5) is 5.69 Å². The van der Waals surface area contributed by atoms with Crippen LogP contribution >= 0.6 is 11.6 Å². The number of rotatable bonds is 5. The maximum absolute atomic E-state index is 13.0. The highest BCUT2D eigenvalue weighted by Crippen LogP contribution is 2.31. The van der Waals surface area contributed by atoms with Crippen LogP contribution in [0.1, 0.15) is 0 Å². The molecule has 1 fully saturated rings. The first-order valence-corrected chi connectivity index (χ1v) is 11.1. The molecule has 4 aromatic rings. The van der Waals surface area contributed by atoms with Gasteiger partial charge < -0.3 is 19.1 Å². The molecule has 9 heteroatoms. The summed E-state index contributed by atoms with van der Waals surface area (Å²) >= 11 is 5.97. The first-order valence-electron chi connectivity index (χ1n) is 10.7. The normalized spacial score (nSPS) is 14.0. The van der Waals surface area contributed by atoms with Crippen molar-refractivity contribution in [1.82, 2.24) is 24.4 Å². The first kappa shape index (κ1) is 21.2. The van der Waals surface area contributed by atoms with Crippen molar-refractivity contribution < 1.29 is 9.53 Å². The van der Waals surface area contributed by atoms with Gasteiger partial charge in [0.2, 0.25) is 5.91 Å². The Morgan fingerprint density at radius 2 is 1.79 bits per heavy atom. The van der Waals surface area contributed by atoms with E-state index in [1.807, 2.05) is 39.9 Å². The Bertz CT molecular complexity index is 1280. The fourth-order valence-electron chi connectivity index (χ4n) is 4.18. The standard InChI is InChI=1S/C24H23ClN6O2/c1-33-24-26-14-17(15-27-24)18-4-2-3-5-20(18)29-10-12-30(13-11-29)23(32)16-31-9-8-19-21(31)6-7-22(25)28-19/h2-9,14-15H,10-13,16H2,1H3. The van der Waals surface area contributed by atoms with Crippen LogP contribution in [0.15, 0.2) is 61.1 Å². The smallest absolute Gasteiger partial charge is 0.316 e. The number of ether oxygens (including phenoxy) is 1. The predicted octanol–water partition coefficient (Wildman–Crippen LogP) is 3.50. The number of piperazine rings is 1. The summed E-state index contributed by atoms with van der Waals surface area (Å²) in [4.78, 5) is 30.0. The Kier molecular flexibility index (Phi) is 5.83. The van der Waals surface area contributed by atoms with Crippen molar-refractivity contribution >= 4 is 34.2 Å². The molecule has 1 saturated heterocycles. The van der Waals surface area contributed by atoms with E-state index in [1.54, 1.807) is 25.6 Å². The maximum atomic E-state index is 13.0. The van der Waals surface area contributed by atoms with Crippen LogP contribution in [0.3, 0.4) is 0 Å². The van der Waals surface area contributed by atoms with Gasteiger partial charge in [-0.2, -0.15) is 0 Å². The molecule has 0 radical (unpaired) electrons. The third-order valence-electron chi connectivity index (χ3n) is 5.89. The number of benzene rings is 1. The summed E-state index contributed by atoms with van der Waals surface area (Å²) < 4.78 is 6.99. The second-order valence-electron chi connectivity index (χ2n) is 7.83. The topological polar surface area (TPSA) is 76.4 Å². The Balaban J connectivity index is 1.27. The molecule has 33 heavy (non-hydrogen) atoms. The van der Waals surface area contributed by atoms with Crippen LogP contribution < -0.4 is 9.64 Å². The Morgan fingerprint density at radius 1 is 1.03 bits per heavy atom. The molecule has 1 amide bonds. The molecule has 0 bridgehead atoms. The molecule has 5 rings (SSSR count). The molecule has 168 valence electrons. The Labute approximate surface area is 196 Å². The zero-order valence-corrected chi connectivity index (χ0v) is 18.9. The number of carbonyl (C=O) groups excluding carboxylic acids is 1. The molecule has 1 aliphatic heterocycles. The summed E-state index contributed by atoms with van der Waals surface area (Å²) in [5, 5.41) is 0.448. The predicted molar refractivity (Wildman–Crippen MR) is 128 cm³/mol. The average molecular weight is 463 g/mol. The minimum Gasteiger partial charge on any atom is -0.467 e. The molecule has 4 heterocycles. The van der Waals surface area contributed by atoms with Gasteiger partial charge in [0.15, 0.2) is 0 Å². The van der Waals surface area contributed by atoms with Crippen molar-refractivity contribution in [3.8, 4) is 17.1 Å². The van der Waals surface area contributed by atoms with Gasteiger partial charge in [-0.1, -0.05) is 29.8 Å². The number of carbonyl (C=O) groups is 1. The van der Waals surface area contributed by atoms with Crippen molar-refractivity contribution in [3.05, 3.63) is 66.2 Å². The number of amides is 1. The van der Waals surface area contributed by atoms with Gasteiger partial charge in [0, 0.05) is 61.6 Å². The monoisotopic (exact) mass is 462 g/mol. The van der Waals surface area contributed by atoms with Crippen LogP contribution in [0.25, 0.3) is 22.2 Å². The highest BCUT2D eigenvalue weighted by atomic mass is 35.5. The fraction of sp³-hybridized carbons (Fsp3) is 0.250. The molecule has 8 nitrogen and oxygen atoms in total. The third kappa shape index (κ3) is 4.34. The van der Waals surface area contributed by atoms with Gasteiger partial charge >= 0.3 is 6.01 Å². The minimum atomic E-state index is 0.0962. The fourth-order valence-corrected chi connectivity index (χ4v) is 4.34. The van der Waals surface area contributed by atoms with Crippen molar-refractivity contribution in [2.45, 2.75) is 6.54 Å². The lowest BCUT2D eigenvalue weighted by molar-refractivity contribution is -0.132. The number of anilines is 1. The number of methoxy groups -OCH3 is 1. The van der Waals surface area contributed by atoms with Crippen molar-refractivity contribution in [1.29, 1.82) is 0 Å². The number of fused-ring (bicyclic) bond motifs is 1. The second-order valence-corrected chi connectivity index (χ2v) is 8.21. The largest absolute Gasteiger partial charge is 0.467 e. The summed E-state index contributed by atoms with van der Waals surface area (Å²) in [6.07, 6.45) is 5.43. The van der Waals surface area contributed by atoms with E-state index in [9.17, 15) is 4.79 Å². The summed E-state index contributed by atoms with van der Waals surface area (Å²) in [6, 6.07) is 14.1. The van der Waals surface area contributed by atoms with E-state index in [1.165, 1.54) is 0 Å². The average Bonchev–Trinajstić information content (AvgIpc) is 3.25. The number of halogens is 1. The van der Waals surface area contributed by atoms with E-state index in [2.05, 4.69) is 32.0 Å². The number of nitrogens with zero attached hydrogens (tertiary/aromatic N) is 6. The van der Waals surface area contributed by atoms with Gasteiger partial charge in [-0.05, 0) is 24.3 Å². The van der Waals surface area contributed by atoms with Crippen LogP contribution in [0.2, 0.25) is 5.15 Å². The Morgan fingerprint density at radius 3 is 2.55 bits per heavy atom. The number of hydrogen-bond donors (Lipinski definition) is 0. The van der Waals surface area contributed by atoms with Gasteiger partial charge in [-0.25, -0.2) is 15.0 Å². The summed E-state index contributed by atoms with van der Waals surface area (Å²) in [6.45, 7) is 3.12. The molecule has 3 aromatic heterocycles. The quantitative estimate of drug-likeness (QED) is 0.422. The van der Waals surface area contributed by atoms with Gasteiger partial charge in [0.25, 0.3) is 0 Å². The SMILES string of the molecule is COc1ncc(-c2ccccc2N2CCN(C(=O)Cn3ccc4nc(Cl)ccc43)CC2)cn1. The van der Waals surface area contributed by atoms with E-state index in [0.29, 0.717) is 24.3 Å². The lowest BCUT2D eigenvalue weighted by atomic mass is 10.1. The molecular weight excluding hydrogens is 440 g/mol. The minimum absolute atomic E-state index is 0.0962. The lowest BCUT2D eigenvalue weighted by Crippen LogP contribution is -2.49. The summed E-state index contributed by atoms with van der Waals surface area (Å²) in [5.41, 5.74) is 4.79. The number of para-hydroxylation sites is 1. The van der Waals surface area contributed by atoms with Gasteiger partial charge in [-0.15, -0.1) is 0 Å². The summed E-state index contributed by atoms with van der Waals surface area (Å²) in [5.74, 6) is 0.0962. The molecule has 0 saturated carbocycles. The van der Waals surface area contributed by atoms with Crippen molar-refractivity contribution in [3.63, 3.8) is 0 Å². The van der Waals surface area contributed by atoms with Crippen LogP contribution in [0, 0.1) is 0 Å². The number of pyridine rings is 1. The lowest BCUT2D eigenvalue weighted by Gasteiger charge is -2.37. The number of aromatic nitrogens is 4. The maximum Gasteiger partial charge on any atom is 0.316 e. The summed E-state index contributed by atoms with van der Waals surface area (Å²) in [7, 11) is 1.55. The van der Waals surface area contributed by atoms with E-state index < -0.39 is 0 Å². The molecule has 1 aromatic carbocycles. The van der Waals surface area contributed by atoms with Crippen molar-refractivity contribution in [2.24, 2.45) is 0 Å². The molecule has 0 atom stereocenters. The zero-order valence-electron chi connectivity index (χ0n) is 18.2. The zero-order chi connectivity index (χ0) is 22.8. The van der Waals surface area contributed by atoms with Gasteiger partial charge in [-0.3, -0.25) is 4.79 Å². The molecule has 0 unspecified atom stereocenters. The molecule has 0 N–H and O–H groups in total.